The van der Waals surface area contributed by atoms with E-state index in [2.05, 4.69) is 0 Å². The van der Waals surface area contributed by atoms with Crippen molar-refractivity contribution in [2.24, 2.45) is 0 Å². The number of hydrogen-bond acceptors (Lipinski definition) is 3. The minimum Gasteiger partial charge on any atom is -0.477 e. The van der Waals surface area contributed by atoms with E-state index < -0.39 is 28.0 Å². The summed E-state index contributed by atoms with van der Waals surface area (Å²) in [7, 11) is 0. The first-order valence-corrected chi connectivity index (χ1v) is 3.61. The molecule has 0 aliphatic carbocycles. The Kier molecular flexibility index (Phi) is 2.46. The van der Waals surface area contributed by atoms with Crippen LogP contribution >= 0.6 is 0 Å². The van der Waals surface area contributed by atoms with E-state index in [0.29, 0.717) is 6.07 Å². The number of nitro benzene ring substituents is 1. The van der Waals surface area contributed by atoms with E-state index in [0.717, 1.165) is 6.07 Å². The first kappa shape index (κ1) is 10.1. The van der Waals surface area contributed by atoms with Gasteiger partial charge >= 0.3 is 5.97 Å². The van der Waals surface area contributed by atoms with E-state index in [9.17, 15) is 19.3 Å². The first-order chi connectivity index (χ1) is 6.43. The van der Waals surface area contributed by atoms with Crippen LogP contribution in [0.2, 0.25) is 0 Å². The summed E-state index contributed by atoms with van der Waals surface area (Å²) in [4.78, 5) is 20.1. The molecule has 0 unspecified atom stereocenters. The van der Waals surface area contributed by atoms with Crippen molar-refractivity contribution in [2.75, 3.05) is 0 Å². The van der Waals surface area contributed by atoms with Gasteiger partial charge in [-0.3, -0.25) is 10.1 Å². The highest BCUT2D eigenvalue weighted by molar-refractivity contribution is 5.92. The molecule has 1 aromatic carbocycles. The molecule has 1 aromatic rings. The monoisotopic (exact) mass is 199 g/mol. The maximum absolute atomic E-state index is 12.9. The second kappa shape index (κ2) is 3.41. The smallest absolute Gasteiger partial charge is 0.342 e. The van der Waals surface area contributed by atoms with Gasteiger partial charge in [-0.25, -0.2) is 9.18 Å². The number of aromatic carboxylic acids is 1. The highest BCUT2D eigenvalue weighted by atomic mass is 19.1. The standard InChI is InChI=1S/C8H6FNO4/c1-4-2-7(10(13)14)5(8(11)12)3-6(4)9/h2-3H,1H3,(H,11,12). The summed E-state index contributed by atoms with van der Waals surface area (Å²) in [5.41, 5.74) is -1.20. The Bertz CT molecular complexity index is 377. The molecule has 14 heavy (non-hydrogen) atoms. The molecular formula is C8H6FNO4. The number of carbonyl (C=O) groups is 1. The molecule has 0 amide bonds. The third kappa shape index (κ3) is 1.68. The van der Waals surface area contributed by atoms with Crippen LogP contribution in [0.5, 0.6) is 0 Å². The van der Waals surface area contributed by atoms with Crippen molar-refractivity contribution in [3.05, 3.63) is 39.2 Å². The fourth-order valence-corrected chi connectivity index (χ4v) is 0.989. The van der Waals surface area contributed by atoms with Crippen molar-refractivity contribution in [1.82, 2.24) is 0 Å². The maximum Gasteiger partial charge on any atom is 0.342 e. The van der Waals surface area contributed by atoms with Crippen LogP contribution in [0.3, 0.4) is 0 Å². The largest absolute Gasteiger partial charge is 0.477 e. The van der Waals surface area contributed by atoms with Gasteiger partial charge in [0.05, 0.1) is 4.92 Å². The van der Waals surface area contributed by atoms with Gasteiger partial charge in [0.1, 0.15) is 11.4 Å². The summed E-state index contributed by atoms with van der Waals surface area (Å²) in [6.07, 6.45) is 0. The highest BCUT2D eigenvalue weighted by Crippen LogP contribution is 2.22. The van der Waals surface area contributed by atoms with E-state index in [4.69, 9.17) is 5.11 Å². The second-order valence-electron chi connectivity index (χ2n) is 2.68. The van der Waals surface area contributed by atoms with Crippen LogP contribution in [0.1, 0.15) is 15.9 Å². The van der Waals surface area contributed by atoms with Crippen molar-refractivity contribution in [2.45, 2.75) is 6.92 Å². The van der Waals surface area contributed by atoms with Crippen molar-refractivity contribution < 1.29 is 19.2 Å². The molecule has 0 aliphatic rings. The van der Waals surface area contributed by atoms with Gasteiger partial charge < -0.3 is 5.11 Å². The van der Waals surface area contributed by atoms with Crippen molar-refractivity contribution in [1.29, 1.82) is 0 Å². The van der Waals surface area contributed by atoms with E-state index >= 15 is 0 Å². The Morgan fingerprint density at radius 1 is 1.57 bits per heavy atom. The Hall–Kier alpha value is -1.98. The zero-order chi connectivity index (χ0) is 10.9. The van der Waals surface area contributed by atoms with E-state index in [-0.39, 0.29) is 5.56 Å². The average Bonchev–Trinajstić information content (AvgIpc) is 2.08. The third-order valence-corrected chi connectivity index (χ3v) is 1.70. The number of halogens is 1. The SMILES string of the molecule is Cc1cc([N+](=O)[O-])c(C(=O)O)cc1F. The predicted octanol–water partition coefficient (Wildman–Crippen LogP) is 1.74. The van der Waals surface area contributed by atoms with Gasteiger partial charge in [-0.15, -0.1) is 0 Å². The van der Waals surface area contributed by atoms with Gasteiger partial charge in [-0.05, 0) is 18.6 Å². The fourth-order valence-electron chi connectivity index (χ4n) is 0.989. The maximum atomic E-state index is 12.9. The highest BCUT2D eigenvalue weighted by Gasteiger charge is 2.21. The Morgan fingerprint density at radius 2 is 2.14 bits per heavy atom. The van der Waals surface area contributed by atoms with E-state index in [1.54, 1.807) is 0 Å². The summed E-state index contributed by atoms with van der Waals surface area (Å²) in [5.74, 6) is -2.29. The number of aryl methyl sites for hydroxylation is 1. The number of carboxylic acids is 1. The van der Waals surface area contributed by atoms with Gasteiger partial charge in [0.25, 0.3) is 5.69 Å². The Balaban J connectivity index is 3.46. The Labute approximate surface area is 77.9 Å². The molecular weight excluding hydrogens is 193 g/mol. The molecule has 1 N–H and O–H groups in total. The number of hydrogen-bond donors (Lipinski definition) is 1. The van der Waals surface area contributed by atoms with E-state index in [1.807, 2.05) is 0 Å². The van der Waals surface area contributed by atoms with Crippen LogP contribution in [0.25, 0.3) is 0 Å². The van der Waals surface area contributed by atoms with Gasteiger partial charge in [0, 0.05) is 6.07 Å². The molecule has 1 rings (SSSR count). The zero-order valence-electron chi connectivity index (χ0n) is 7.15. The number of benzene rings is 1. The molecule has 74 valence electrons. The summed E-state index contributed by atoms with van der Waals surface area (Å²) in [6, 6.07) is 1.55. The number of nitro groups is 1. The minimum absolute atomic E-state index is 0.0432. The molecule has 0 radical (unpaired) electrons. The average molecular weight is 199 g/mol. The molecule has 0 aliphatic heterocycles. The lowest BCUT2D eigenvalue weighted by Crippen LogP contribution is -2.04. The van der Waals surface area contributed by atoms with Gasteiger partial charge in [0.2, 0.25) is 0 Å². The summed E-state index contributed by atoms with van der Waals surface area (Å²) in [6.45, 7) is 1.33. The van der Waals surface area contributed by atoms with Crippen LogP contribution in [0, 0.1) is 22.9 Å². The van der Waals surface area contributed by atoms with Crippen LogP contribution in [-0.4, -0.2) is 16.0 Å². The lowest BCUT2D eigenvalue weighted by Gasteiger charge is -2.00. The normalized spacial score (nSPS) is 9.86. The first-order valence-electron chi connectivity index (χ1n) is 3.61. The fraction of sp³-hybridized carbons (Fsp3) is 0.125. The number of carboxylic acid groups (broad SMARTS) is 1. The van der Waals surface area contributed by atoms with Crippen LogP contribution in [0.4, 0.5) is 10.1 Å². The minimum atomic E-state index is -1.52. The van der Waals surface area contributed by atoms with Crippen molar-refractivity contribution >= 4 is 11.7 Å². The number of nitrogens with zero attached hydrogens (tertiary/aromatic N) is 1. The van der Waals surface area contributed by atoms with Gasteiger partial charge in [0.15, 0.2) is 0 Å². The molecule has 0 aromatic heterocycles. The summed E-state index contributed by atoms with van der Waals surface area (Å²) >= 11 is 0. The molecule has 0 saturated carbocycles. The van der Waals surface area contributed by atoms with E-state index in [1.165, 1.54) is 6.92 Å². The van der Waals surface area contributed by atoms with Crippen LogP contribution < -0.4 is 0 Å². The molecule has 0 bridgehead atoms. The van der Waals surface area contributed by atoms with Crippen molar-refractivity contribution in [3.8, 4) is 0 Å². The molecule has 0 heterocycles. The second-order valence-corrected chi connectivity index (χ2v) is 2.68. The molecule has 0 atom stereocenters. The molecule has 5 nitrogen and oxygen atoms in total. The predicted molar refractivity (Wildman–Crippen MR) is 44.8 cm³/mol. The van der Waals surface area contributed by atoms with Gasteiger partial charge in [-0.2, -0.15) is 0 Å². The topological polar surface area (TPSA) is 80.4 Å². The molecule has 0 saturated heterocycles. The Morgan fingerprint density at radius 3 is 2.57 bits per heavy atom. The van der Waals surface area contributed by atoms with Crippen LogP contribution in [-0.2, 0) is 0 Å². The molecule has 0 spiro atoms. The quantitative estimate of drug-likeness (QED) is 0.581. The number of rotatable bonds is 2. The zero-order valence-corrected chi connectivity index (χ0v) is 7.15. The van der Waals surface area contributed by atoms with Crippen molar-refractivity contribution in [3.63, 3.8) is 0 Å². The molecule has 6 heteroatoms. The van der Waals surface area contributed by atoms with Gasteiger partial charge in [-0.1, -0.05) is 0 Å². The lowest BCUT2D eigenvalue weighted by atomic mass is 10.1. The molecule has 0 fully saturated rings. The lowest BCUT2D eigenvalue weighted by molar-refractivity contribution is -0.385. The third-order valence-electron chi connectivity index (χ3n) is 1.70. The summed E-state index contributed by atoms with van der Waals surface area (Å²) in [5, 5.41) is 19.0. The summed E-state index contributed by atoms with van der Waals surface area (Å²) < 4.78 is 12.9. The van der Waals surface area contributed by atoms with Crippen LogP contribution in [0.15, 0.2) is 12.1 Å².